The van der Waals surface area contributed by atoms with Crippen LogP contribution in [0.15, 0.2) is 54.6 Å². The lowest BCUT2D eigenvalue weighted by atomic mass is 10.0. The summed E-state index contributed by atoms with van der Waals surface area (Å²) in [7, 11) is 0. The molecule has 1 aliphatic rings. The molecule has 0 aromatic heterocycles. The van der Waals surface area contributed by atoms with Crippen molar-refractivity contribution in [3.8, 4) is 5.75 Å². The SMILES string of the molecule is CC(Oc1ccccc1C(C)C)C(=O)N1CCC(NC(=O)CCc2ccccc2)CC1. The highest BCUT2D eigenvalue weighted by molar-refractivity contribution is 5.81. The van der Waals surface area contributed by atoms with Crippen molar-refractivity contribution in [2.45, 2.75) is 64.5 Å². The number of rotatable bonds is 8. The van der Waals surface area contributed by atoms with Crippen molar-refractivity contribution in [3.05, 3.63) is 65.7 Å². The Morgan fingerprint density at radius 2 is 1.65 bits per heavy atom. The average molecular weight is 423 g/mol. The van der Waals surface area contributed by atoms with Crippen LogP contribution in [0.4, 0.5) is 0 Å². The fraction of sp³-hybridized carbons (Fsp3) is 0.462. The number of para-hydroxylation sites is 1. The molecule has 0 saturated carbocycles. The fourth-order valence-corrected chi connectivity index (χ4v) is 4.01. The Hall–Kier alpha value is -2.82. The molecule has 1 unspecified atom stereocenters. The normalized spacial score (nSPS) is 15.5. The van der Waals surface area contributed by atoms with E-state index in [2.05, 4.69) is 19.2 Å². The van der Waals surface area contributed by atoms with Crippen molar-refractivity contribution in [2.24, 2.45) is 0 Å². The van der Waals surface area contributed by atoms with Gasteiger partial charge in [-0.1, -0.05) is 62.4 Å². The van der Waals surface area contributed by atoms with Crippen molar-refractivity contribution in [1.29, 1.82) is 0 Å². The Bertz CT molecular complexity index is 858. The quantitative estimate of drug-likeness (QED) is 0.689. The van der Waals surface area contributed by atoms with Crippen molar-refractivity contribution in [2.75, 3.05) is 13.1 Å². The molecule has 2 amide bonds. The second kappa shape index (κ2) is 11.0. The van der Waals surface area contributed by atoms with Gasteiger partial charge in [-0.25, -0.2) is 0 Å². The van der Waals surface area contributed by atoms with Gasteiger partial charge in [-0.15, -0.1) is 0 Å². The zero-order chi connectivity index (χ0) is 22.2. The van der Waals surface area contributed by atoms with Gasteiger partial charge in [-0.3, -0.25) is 9.59 Å². The number of carbonyl (C=O) groups excluding carboxylic acids is 2. The molecule has 1 heterocycles. The lowest BCUT2D eigenvalue weighted by Gasteiger charge is -2.34. The van der Waals surface area contributed by atoms with E-state index in [9.17, 15) is 9.59 Å². The summed E-state index contributed by atoms with van der Waals surface area (Å²) in [5.41, 5.74) is 2.28. The van der Waals surface area contributed by atoms with Gasteiger partial charge in [0.15, 0.2) is 6.10 Å². The first kappa shape index (κ1) is 22.9. The Morgan fingerprint density at radius 1 is 1.00 bits per heavy atom. The van der Waals surface area contributed by atoms with E-state index in [1.807, 2.05) is 66.4 Å². The van der Waals surface area contributed by atoms with E-state index in [-0.39, 0.29) is 17.9 Å². The van der Waals surface area contributed by atoms with Crippen molar-refractivity contribution >= 4 is 11.8 Å². The number of ether oxygens (including phenoxy) is 1. The number of benzene rings is 2. The number of nitrogens with zero attached hydrogens (tertiary/aromatic N) is 1. The Labute approximate surface area is 185 Å². The number of hydrogen-bond acceptors (Lipinski definition) is 3. The number of carbonyl (C=O) groups is 2. The van der Waals surface area contributed by atoms with Gasteiger partial charge in [-0.05, 0) is 49.3 Å². The molecule has 2 aromatic carbocycles. The van der Waals surface area contributed by atoms with Gasteiger partial charge in [0.05, 0.1) is 0 Å². The topological polar surface area (TPSA) is 58.6 Å². The summed E-state index contributed by atoms with van der Waals surface area (Å²) in [5.74, 6) is 1.20. The highest BCUT2D eigenvalue weighted by Crippen LogP contribution is 2.27. The van der Waals surface area contributed by atoms with Gasteiger partial charge < -0.3 is 15.0 Å². The summed E-state index contributed by atoms with van der Waals surface area (Å²) in [4.78, 5) is 27.0. The molecule has 2 aromatic rings. The third-order valence-corrected chi connectivity index (χ3v) is 5.85. The third kappa shape index (κ3) is 6.58. The van der Waals surface area contributed by atoms with Gasteiger partial charge in [0.1, 0.15) is 5.75 Å². The highest BCUT2D eigenvalue weighted by atomic mass is 16.5. The van der Waals surface area contributed by atoms with Crippen molar-refractivity contribution in [1.82, 2.24) is 10.2 Å². The molecule has 1 aliphatic heterocycles. The molecule has 0 aliphatic carbocycles. The number of likely N-dealkylation sites (tertiary alicyclic amines) is 1. The van der Waals surface area contributed by atoms with Gasteiger partial charge in [0.25, 0.3) is 5.91 Å². The predicted molar refractivity (Wildman–Crippen MR) is 123 cm³/mol. The van der Waals surface area contributed by atoms with E-state index in [1.165, 1.54) is 5.56 Å². The average Bonchev–Trinajstić information content (AvgIpc) is 2.78. The van der Waals surface area contributed by atoms with E-state index in [0.717, 1.165) is 30.6 Å². The minimum atomic E-state index is -0.531. The van der Waals surface area contributed by atoms with E-state index >= 15 is 0 Å². The first-order valence-corrected chi connectivity index (χ1v) is 11.3. The number of amides is 2. The molecule has 1 saturated heterocycles. The second-order valence-electron chi connectivity index (χ2n) is 8.61. The molecule has 0 bridgehead atoms. The van der Waals surface area contributed by atoms with E-state index in [0.29, 0.717) is 25.4 Å². The Morgan fingerprint density at radius 3 is 2.32 bits per heavy atom. The van der Waals surface area contributed by atoms with E-state index < -0.39 is 6.10 Å². The molecule has 5 nitrogen and oxygen atoms in total. The summed E-state index contributed by atoms with van der Waals surface area (Å²) in [6.45, 7) is 7.34. The van der Waals surface area contributed by atoms with Crippen LogP contribution < -0.4 is 10.1 Å². The molecule has 0 spiro atoms. The molecule has 31 heavy (non-hydrogen) atoms. The first-order valence-electron chi connectivity index (χ1n) is 11.3. The number of piperidine rings is 1. The molecule has 1 fully saturated rings. The standard InChI is InChI=1S/C26H34N2O3/c1-19(2)23-11-7-8-12-24(23)31-20(3)26(30)28-17-15-22(16-18-28)27-25(29)14-13-21-9-5-4-6-10-21/h4-12,19-20,22H,13-18H2,1-3H3,(H,27,29). The van der Waals surface area contributed by atoms with Crippen molar-refractivity contribution in [3.63, 3.8) is 0 Å². The first-order chi connectivity index (χ1) is 14.9. The molecule has 1 N–H and O–H groups in total. The summed E-state index contributed by atoms with van der Waals surface area (Å²) in [5, 5.41) is 3.13. The molecule has 3 rings (SSSR count). The Balaban J connectivity index is 1.43. The largest absolute Gasteiger partial charge is 0.481 e. The van der Waals surface area contributed by atoms with Crippen LogP contribution in [0.2, 0.25) is 0 Å². The summed E-state index contributed by atoms with van der Waals surface area (Å²) >= 11 is 0. The van der Waals surface area contributed by atoms with Gasteiger partial charge >= 0.3 is 0 Å². The van der Waals surface area contributed by atoms with Gasteiger partial charge in [0.2, 0.25) is 5.91 Å². The van der Waals surface area contributed by atoms with Gasteiger partial charge in [-0.2, -0.15) is 0 Å². The maximum Gasteiger partial charge on any atom is 0.263 e. The zero-order valence-corrected chi connectivity index (χ0v) is 18.8. The summed E-state index contributed by atoms with van der Waals surface area (Å²) < 4.78 is 6.03. The van der Waals surface area contributed by atoms with E-state index in [1.54, 1.807) is 0 Å². The molecular weight excluding hydrogens is 388 g/mol. The van der Waals surface area contributed by atoms with Crippen molar-refractivity contribution < 1.29 is 14.3 Å². The molecule has 0 radical (unpaired) electrons. The van der Waals surface area contributed by atoms with Crippen LogP contribution in [-0.4, -0.2) is 41.9 Å². The smallest absolute Gasteiger partial charge is 0.263 e. The highest BCUT2D eigenvalue weighted by Gasteiger charge is 2.28. The van der Waals surface area contributed by atoms with Gasteiger partial charge in [0, 0.05) is 25.6 Å². The molecular formula is C26H34N2O3. The molecule has 5 heteroatoms. The number of hydrogen-bond donors (Lipinski definition) is 1. The number of nitrogens with one attached hydrogen (secondary N) is 1. The van der Waals surface area contributed by atoms with Crippen LogP contribution in [0.25, 0.3) is 0 Å². The van der Waals surface area contributed by atoms with E-state index in [4.69, 9.17) is 4.74 Å². The lowest BCUT2D eigenvalue weighted by molar-refractivity contribution is -0.139. The Kier molecular flexibility index (Phi) is 8.10. The second-order valence-corrected chi connectivity index (χ2v) is 8.61. The van der Waals surface area contributed by atoms with Crippen LogP contribution in [0.1, 0.15) is 57.1 Å². The van der Waals surface area contributed by atoms with Crippen LogP contribution in [0.5, 0.6) is 5.75 Å². The monoisotopic (exact) mass is 422 g/mol. The molecule has 166 valence electrons. The maximum absolute atomic E-state index is 12.9. The number of aryl methyl sites for hydroxylation is 1. The zero-order valence-electron chi connectivity index (χ0n) is 18.8. The minimum absolute atomic E-state index is 0.00686. The van der Waals surface area contributed by atoms with Crippen LogP contribution in [0, 0.1) is 0 Å². The van der Waals surface area contributed by atoms with Crippen LogP contribution in [0.3, 0.4) is 0 Å². The fourth-order valence-electron chi connectivity index (χ4n) is 4.01. The lowest BCUT2D eigenvalue weighted by Crippen LogP contribution is -2.49. The predicted octanol–water partition coefficient (Wildman–Crippen LogP) is 4.32. The maximum atomic E-state index is 12.9. The van der Waals surface area contributed by atoms with Crippen LogP contribution >= 0.6 is 0 Å². The summed E-state index contributed by atoms with van der Waals surface area (Å²) in [6, 6.07) is 18.1. The molecule has 1 atom stereocenters. The minimum Gasteiger partial charge on any atom is -0.481 e. The third-order valence-electron chi connectivity index (χ3n) is 5.85. The van der Waals surface area contributed by atoms with Crippen LogP contribution in [-0.2, 0) is 16.0 Å². The summed E-state index contributed by atoms with van der Waals surface area (Å²) in [6.07, 6.45) is 2.26.